The number of hydrogen-bond donors (Lipinski definition) is 1. The molecule has 1 N–H and O–H groups in total. The van der Waals surface area contributed by atoms with E-state index >= 15 is 0 Å². The van der Waals surface area contributed by atoms with E-state index in [0.717, 1.165) is 44.6 Å². The second-order valence-corrected chi connectivity index (χ2v) is 6.12. The van der Waals surface area contributed by atoms with Gasteiger partial charge in [0.1, 0.15) is 6.04 Å². The van der Waals surface area contributed by atoms with Crippen molar-refractivity contribution in [1.82, 2.24) is 10.2 Å². The molecule has 3 rings (SSSR count). The molecule has 0 aromatic heterocycles. The summed E-state index contributed by atoms with van der Waals surface area (Å²) in [6, 6.07) is 9.38. The van der Waals surface area contributed by atoms with E-state index in [1.54, 1.807) is 11.9 Å². The number of anilines is 1. The molecule has 23 heavy (non-hydrogen) atoms. The van der Waals surface area contributed by atoms with Crippen LogP contribution >= 0.6 is 12.4 Å². The number of carbonyl (C=O) groups excluding carboxylic acids is 2. The SMILES string of the molecule is CN(C(=O)C1CCNC1)C1CCCN(c2ccccc2)C1=O.Cl. The van der Waals surface area contributed by atoms with Crippen molar-refractivity contribution in [3.8, 4) is 0 Å². The molecule has 0 radical (unpaired) electrons. The van der Waals surface area contributed by atoms with Crippen LogP contribution in [0.5, 0.6) is 0 Å². The number of piperidine rings is 1. The largest absolute Gasteiger partial charge is 0.333 e. The van der Waals surface area contributed by atoms with Crippen LogP contribution in [0.15, 0.2) is 30.3 Å². The first-order chi connectivity index (χ1) is 10.7. The third kappa shape index (κ3) is 3.67. The van der Waals surface area contributed by atoms with Gasteiger partial charge in [0.05, 0.1) is 5.92 Å². The lowest BCUT2D eigenvalue weighted by atomic mass is 10.00. The molecular formula is C17H24ClN3O2. The van der Waals surface area contributed by atoms with Gasteiger partial charge in [0.25, 0.3) is 0 Å². The van der Waals surface area contributed by atoms with E-state index in [1.165, 1.54) is 0 Å². The Morgan fingerprint density at radius 3 is 2.65 bits per heavy atom. The van der Waals surface area contributed by atoms with Gasteiger partial charge in [-0.3, -0.25) is 9.59 Å². The Labute approximate surface area is 143 Å². The highest BCUT2D eigenvalue weighted by atomic mass is 35.5. The van der Waals surface area contributed by atoms with E-state index in [-0.39, 0.29) is 36.2 Å². The quantitative estimate of drug-likeness (QED) is 0.913. The molecule has 2 atom stereocenters. The summed E-state index contributed by atoms with van der Waals surface area (Å²) in [5, 5.41) is 3.21. The Hall–Kier alpha value is -1.59. The van der Waals surface area contributed by atoms with Crippen LogP contribution in [0.25, 0.3) is 0 Å². The van der Waals surface area contributed by atoms with Crippen molar-refractivity contribution in [3.63, 3.8) is 0 Å². The van der Waals surface area contributed by atoms with Gasteiger partial charge in [-0.15, -0.1) is 12.4 Å². The maximum Gasteiger partial charge on any atom is 0.249 e. The smallest absolute Gasteiger partial charge is 0.249 e. The Morgan fingerprint density at radius 2 is 2.00 bits per heavy atom. The van der Waals surface area contributed by atoms with E-state index in [2.05, 4.69) is 5.32 Å². The Kier molecular flexibility index (Phi) is 6.02. The standard InChI is InChI=1S/C17H23N3O2.ClH/c1-19(16(21)13-9-10-18-12-13)15-8-5-11-20(17(15)22)14-6-3-2-4-7-14;/h2-4,6-7,13,15,18H,5,8-12H2,1H3;1H. The Balaban J connectivity index is 0.00000192. The van der Waals surface area contributed by atoms with E-state index < -0.39 is 0 Å². The number of halogens is 1. The molecule has 2 heterocycles. The first-order valence-corrected chi connectivity index (χ1v) is 8.02. The van der Waals surface area contributed by atoms with Gasteiger partial charge in [0, 0.05) is 25.8 Å². The topological polar surface area (TPSA) is 52.7 Å². The molecule has 1 aromatic rings. The predicted octanol–water partition coefficient (Wildman–Crippen LogP) is 1.67. The first-order valence-electron chi connectivity index (χ1n) is 8.02. The van der Waals surface area contributed by atoms with Crippen LogP contribution in [0.4, 0.5) is 5.69 Å². The van der Waals surface area contributed by atoms with Crippen molar-refractivity contribution in [3.05, 3.63) is 30.3 Å². The van der Waals surface area contributed by atoms with Crippen LogP contribution in [-0.2, 0) is 9.59 Å². The predicted molar refractivity (Wildman–Crippen MR) is 92.8 cm³/mol. The lowest BCUT2D eigenvalue weighted by molar-refractivity contribution is -0.141. The fourth-order valence-corrected chi connectivity index (χ4v) is 3.39. The molecule has 0 saturated carbocycles. The van der Waals surface area contributed by atoms with Gasteiger partial charge in [0.2, 0.25) is 11.8 Å². The van der Waals surface area contributed by atoms with Gasteiger partial charge in [-0.05, 0) is 37.9 Å². The fraction of sp³-hybridized carbons (Fsp3) is 0.529. The summed E-state index contributed by atoms with van der Waals surface area (Å²) < 4.78 is 0. The average molecular weight is 338 g/mol. The molecule has 5 nitrogen and oxygen atoms in total. The number of nitrogens with zero attached hydrogens (tertiary/aromatic N) is 2. The minimum absolute atomic E-state index is 0. The van der Waals surface area contributed by atoms with E-state index in [9.17, 15) is 9.59 Å². The highest BCUT2D eigenvalue weighted by molar-refractivity contribution is 6.00. The van der Waals surface area contributed by atoms with Crippen molar-refractivity contribution < 1.29 is 9.59 Å². The summed E-state index contributed by atoms with van der Waals surface area (Å²) in [6.45, 7) is 2.35. The van der Waals surface area contributed by atoms with Crippen molar-refractivity contribution >= 4 is 29.9 Å². The van der Waals surface area contributed by atoms with Crippen LogP contribution in [0.3, 0.4) is 0 Å². The molecule has 2 fully saturated rings. The third-order valence-electron chi connectivity index (χ3n) is 4.70. The summed E-state index contributed by atoms with van der Waals surface area (Å²) in [4.78, 5) is 28.8. The second kappa shape index (κ2) is 7.79. The van der Waals surface area contributed by atoms with Crippen LogP contribution < -0.4 is 10.2 Å². The molecule has 2 saturated heterocycles. The summed E-state index contributed by atoms with van der Waals surface area (Å²) in [7, 11) is 1.78. The van der Waals surface area contributed by atoms with Gasteiger partial charge < -0.3 is 15.1 Å². The fourth-order valence-electron chi connectivity index (χ4n) is 3.39. The molecule has 0 aliphatic carbocycles. The number of para-hydroxylation sites is 1. The van der Waals surface area contributed by atoms with Crippen molar-refractivity contribution in [2.45, 2.75) is 25.3 Å². The molecule has 0 bridgehead atoms. The molecular weight excluding hydrogens is 314 g/mol. The summed E-state index contributed by atoms with van der Waals surface area (Å²) >= 11 is 0. The minimum atomic E-state index is -0.331. The van der Waals surface area contributed by atoms with Gasteiger partial charge in [-0.2, -0.15) is 0 Å². The molecule has 2 aliphatic heterocycles. The summed E-state index contributed by atoms with van der Waals surface area (Å²) in [5.74, 6) is 0.155. The molecule has 126 valence electrons. The maximum absolute atomic E-state index is 12.8. The minimum Gasteiger partial charge on any atom is -0.333 e. The third-order valence-corrected chi connectivity index (χ3v) is 4.70. The van der Waals surface area contributed by atoms with Crippen LogP contribution in [-0.4, -0.2) is 49.4 Å². The zero-order chi connectivity index (χ0) is 15.5. The number of amides is 2. The van der Waals surface area contributed by atoms with Gasteiger partial charge >= 0.3 is 0 Å². The number of benzene rings is 1. The molecule has 2 unspecified atom stereocenters. The number of carbonyl (C=O) groups is 2. The zero-order valence-electron chi connectivity index (χ0n) is 13.4. The Morgan fingerprint density at radius 1 is 1.26 bits per heavy atom. The number of likely N-dealkylation sites (N-methyl/N-ethyl adjacent to an activating group) is 1. The van der Waals surface area contributed by atoms with Crippen molar-refractivity contribution in [2.24, 2.45) is 5.92 Å². The number of hydrogen-bond acceptors (Lipinski definition) is 3. The highest BCUT2D eigenvalue weighted by Crippen LogP contribution is 2.24. The van der Waals surface area contributed by atoms with Crippen molar-refractivity contribution in [1.29, 1.82) is 0 Å². The Bertz CT molecular complexity index is 546. The van der Waals surface area contributed by atoms with E-state index in [0.29, 0.717) is 0 Å². The van der Waals surface area contributed by atoms with Gasteiger partial charge in [-0.1, -0.05) is 18.2 Å². The zero-order valence-corrected chi connectivity index (χ0v) is 14.2. The van der Waals surface area contributed by atoms with Crippen LogP contribution in [0, 0.1) is 5.92 Å². The highest BCUT2D eigenvalue weighted by Gasteiger charge is 2.37. The summed E-state index contributed by atoms with van der Waals surface area (Å²) in [5.41, 5.74) is 0.917. The van der Waals surface area contributed by atoms with E-state index in [4.69, 9.17) is 0 Å². The monoisotopic (exact) mass is 337 g/mol. The number of rotatable bonds is 3. The lowest BCUT2D eigenvalue weighted by Crippen LogP contribution is -2.54. The van der Waals surface area contributed by atoms with Gasteiger partial charge in [-0.25, -0.2) is 0 Å². The number of nitrogens with one attached hydrogen (secondary N) is 1. The molecule has 6 heteroatoms. The normalized spacial score (nSPS) is 24.2. The average Bonchev–Trinajstić information content (AvgIpc) is 3.09. The van der Waals surface area contributed by atoms with Gasteiger partial charge in [0.15, 0.2) is 0 Å². The van der Waals surface area contributed by atoms with E-state index in [1.807, 2.05) is 35.2 Å². The maximum atomic E-state index is 12.8. The van der Waals surface area contributed by atoms with Crippen LogP contribution in [0.1, 0.15) is 19.3 Å². The first kappa shape index (κ1) is 17.8. The lowest BCUT2D eigenvalue weighted by Gasteiger charge is -2.37. The summed E-state index contributed by atoms with van der Waals surface area (Å²) in [6.07, 6.45) is 2.54. The molecule has 2 amide bonds. The van der Waals surface area contributed by atoms with Crippen molar-refractivity contribution in [2.75, 3.05) is 31.6 Å². The molecule has 0 spiro atoms. The molecule has 2 aliphatic rings. The second-order valence-electron chi connectivity index (χ2n) is 6.12. The molecule has 1 aromatic carbocycles. The van der Waals surface area contributed by atoms with Crippen LogP contribution in [0.2, 0.25) is 0 Å².